The fourth-order valence-electron chi connectivity index (χ4n) is 11.0. The predicted molar refractivity (Wildman–Crippen MR) is 136 cm³/mol. The fourth-order valence-corrected chi connectivity index (χ4v) is 11.0. The Hall–Kier alpha value is -0.610. The fraction of sp³-hybridized carbons (Fsp3) is 0.967. The zero-order chi connectivity index (χ0) is 25.2. The molecule has 9 atom stereocenters. The minimum Gasteiger partial charge on any atom is -0.393 e. The van der Waals surface area contributed by atoms with Gasteiger partial charge in [0, 0.05) is 0 Å². The Balaban J connectivity index is 0.000000868. The summed E-state index contributed by atoms with van der Waals surface area (Å²) in [7, 11) is 0. The van der Waals surface area contributed by atoms with Gasteiger partial charge in [0.1, 0.15) is 0 Å². The minimum atomic E-state index is -0.444. The van der Waals surface area contributed by atoms with Gasteiger partial charge in [-0.1, -0.05) is 61.3 Å². The molecule has 5 fully saturated rings. The number of carbonyl (C=O) groups excluding carboxylic acids is 1. The summed E-state index contributed by atoms with van der Waals surface area (Å²) in [5.74, 6) is 1.82. The first kappa shape index (κ1) is 26.5. The zero-order valence-corrected chi connectivity index (χ0v) is 23.1. The smallest absolute Gasteiger partial charge is 0.348 e. The number of aliphatic hydroxyl groups excluding tert-OH is 1. The highest BCUT2D eigenvalue weighted by Crippen LogP contribution is 2.76. The van der Waals surface area contributed by atoms with Gasteiger partial charge in [-0.05, 0) is 110 Å². The minimum absolute atomic E-state index is 0.00978. The second-order valence-corrected chi connectivity index (χ2v) is 14.3. The summed E-state index contributed by atoms with van der Waals surface area (Å²) in [4.78, 5) is 17.2. The Bertz CT molecular complexity index is 778. The number of hydrogen-bond acceptors (Lipinski definition) is 4. The normalized spacial score (nSPS) is 51.0. The molecule has 0 aromatic rings. The second-order valence-electron chi connectivity index (χ2n) is 14.3. The first-order valence-electron chi connectivity index (χ1n) is 14.4. The van der Waals surface area contributed by atoms with Crippen molar-refractivity contribution in [2.45, 2.75) is 132 Å². The van der Waals surface area contributed by atoms with Crippen LogP contribution in [0.1, 0.15) is 126 Å². The molecule has 0 aromatic carbocycles. The largest absolute Gasteiger partial charge is 0.393 e. The Kier molecular flexibility index (Phi) is 6.81. The third-order valence-electron chi connectivity index (χ3n) is 12.8. The van der Waals surface area contributed by atoms with Crippen molar-refractivity contribution >= 4 is 5.97 Å². The molecule has 4 heteroatoms. The summed E-state index contributed by atoms with van der Waals surface area (Å²) in [6, 6.07) is 0. The molecule has 5 saturated carbocycles. The number of rotatable bonds is 1. The van der Waals surface area contributed by atoms with Crippen LogP contribution < -0.4 is 0 Å². The lowest BCUT2D eigenvalue weighted by molar-refractivity contribution is -0.267. The van der Waals surface area contributed by atoms with Crippen molar-refractivity contribution in [2.75, 3.05) is 0 Å². The average molecular weight is 477 g/mol. The highest BCUT2D eigenvalue weighted by Gasteiger charge is 2.71. The van der Waals surface area contributed by atoms with Crippen LogP contribution in [0, 0.1) is 50.7 Å². The predicted octanol–water partition coefficient (Wildman–Crippen LogP) is 7.64. The number of carbonyl (C=O) groups is 1. The molecule has 2 N–H and O–H groups in total. The van der Waals surface area contributed by atoms with Gasteiger partial charge in [-0.2, -0.15) is 5.26 Å². The monoisotopic (exact) mass is 476 g/mol. The molecule has 0 amide bonds. The van der Waals surface area contributed by atoms with Crippen LogP contribution in [0.25, 0.3) is 0 Å². The van der Waals surface area contributed by atoms with E-state index in [0.717, 1.165) is 44.9 Å². The Labute approximate surface area is 208 Å². The quantitative estimate of drug-likeness (QED) is 0.301. The van der Waals surface area contributed by atoms with Gasteiger partial charge in [0.25, 0.3) is 0 Å². The third-order valence-corrected chi connectivity index (χ3v) is 12.8. The molecule has 0 bridgehead atoms. The number of aliphatic hydroxyl groups is 1. The van der Waals surface area contributed by atoms with Crippen molar-refractivity contribution in [3.8, 4) is 0 Å². The van der Waals surface area contributed by atoms with E-state index in [1.165, 1.54) is 32.1 Å². The van der Waals surface area contributed by atoms with E-state index in [4.69, 9.17) is 0 Å². The summed E-state index contributed by atoms with van der Waals surface area (Å²) >= 11 is 0. The van der Waals surface area contributed by atoms with Crippen molar-refractivity contribution in [3.63, 3.8) is 0 Å². The lowest BCUT2D eigenvalue weighted by Gasteiger charge is -2.72. The maximum atomic E-state index is 12.8. The summed E-state index contributed by atoms with van der Waals surface area (Å²) in [5, 5.41) is 20.1. The molecule has 5 rings (SSSR count). The molecule has 196 valence electrons. The van der Waals surface area contributed by atoms with Crippen LogP contribution in [0.4, 0.5) is 0 Å². The molecule has 0 radical (unpaired) electrons. The van der Waals surface area contributed by atoms with E-state index >= 15 is 0 Å². The average Bonchev–Trinajstić information content (AvgIpc) is 3.22. The van der Waals surface area contributed by atoms with Crippen molar-refractivity contribution in [1.29, 1.82) is 0 Å². The van der Waals surface area contributed by atoms with E-state index in [2.05, 4.69) is 53.4 Å². The Morgan fingerprint density at radius 3 is 2.12 bits per heavy atom. The molecule has 0 saturated heterocycles. The van der Waals surface area contributed by atoms with Gasteiger partial charge in [-0.3, -0.25) is 0 Å². The van der Waals surface area contributed by atoms with Crippen LogP contribution >= 0.6 is 0 Å². The standard InChI is InChI=1S/C27H44O4.C3H8/c1-23(2)19-10-14-26(5)20(24(19,3)13-11-21(23)28)9-8-17-18-7-6-12-27(18,22(29)31-30)16-15-25(17,26)4;1-3-2/h17-21,28,30H,6-16H2,1-5H3;3H2,1-2H3/t17?,18?,19?,20?,21?,24?,25-,26?,27?;/m1./s1. The Morgan fingerprint density at radius 2 is 1.47 bits per heavy atom. The number of fused-ring (bicyclic) bond motifs is 7. The van der Waals surface area contributed by atoms with Crippen LogP contribution in [0.15, 0.2) is 0 Å². The maximum Gasteiger partial charge on any atom is 0.348 e. The summed E-state index contributed by atoms with van der Waals surface area (Å²) in [5.41, 5.74) is 0.345. The van der Waals surface area contributed by atoms with E-state index < -0.39 is 5.41 Å². The van der Waals surface area contributed by atoms with Gasteiger partial charge in [-0.25, -0.2) is 4.79 Å². The van der Waals surface area contributed by atoms with Crippen LogP contribution in [-0.4, -0.2) is 22.4 Å². The van der Waals surface area contributed by atoms with Gasteiger partial charge in [0.15, 0.2) is 0 Å². The van der Waals surface area contributed by atoms with Gasteiger partial charge in [0.05, 0.1) is 11.5 Å². The van der Waals surface area contributed by atoms with Crippen molar-refractivity contribution < 1.29 is 20.0 Å². The van der Waals surface area contributed by atoms with Crippen LogP contribution in [0.3, 0.4) is 0 Å². The van der Waals surface area contributed by atoms with Crippen LogP contribution in [0.5, 0.6) is 0 Å². The molecule has 4 nitrogen and oxygen atoms in total. The molecule has 34 heavy (non-hydrogen) atoms. The lowest BCUT2D eigenvalue weighted by atomic mass is 9.32. The molecule has 8 unspecified atom stereocenters. The van der Waals surface area contributed by atoms with E-state index in [9.17, 15) is 15.2 Å². The Morgan fingerprint density at radius 1 is 0.794 bits per heavy atom. The van der Waals surface area contributed by atoms with Gasteiger partial charge in [0.2, 0.25) is 0 Å². The first-order chi connectivity index (χ1) is 15.9. The molecule has 0 spiro atoms. The highest BCUT2D eigenvalue weighted by atomic mass is 17.1. The molecule has 0 heterocycles. The number of hydrogen-bond donors (Lipinski definition) is 2. The maximum absolute atomic E-state index is 12.8. The van der Waals surface area contributed by atoms with E-state index in [1.807, 2.05) is 0 Å². The van der Waals surface area contributed by atoms with Crippen molar-refractivity contribution in [1.82, 2.24) is 0 Å². The molecular weight excluding hydrogens is 424 g/mol. The summed E-state index contributed by atoms with van der Waals surface area (Å²) in [6.45, 7) is 16.6. The lowest BCUT2D eigenvalue weighted by Crippen LogP contribution is -2.66. The summed E-state index contributed by atoms with van der Waals surface area (Å²) < 4.78 is 0. The van der Waals surface area contributed by atoms with Gasteiger partial charge in [-0.15, -0.1) is 0 Å². The van der Waals surface area contributed by atoms with Crippen LogP contribution in [-0.2, 0) is 9.68 Å². The van der Waals surface area contributed by atoms with E-state index in [0.29, 0.717) is 23.7 Å². The first-order valence-corrected chi connectivity index (χ1v) is 14.4. The third kappa shape index (κ3) is 3.32. The van der Waals surface area contributed by atoms with Gasteiger partial charge < -0.3 is 9.99 Å². The van der Waals surface area contributed by atoms with Crippen molar-refractivity contribution in [2.24, 2.45) is 50.7 Å². The molecule has 0 aromatic heterocycles. The van der Waals surface area contributed by atoms with Crippen molar-refractivity contribution in [3.05, 3.63) is 0 Å². The molecule has 0 aliphatic heterocycles. The topological polar surface area (TPSA) is 66.8 Å². The van der Waals surface area contributed by atoms with Crippen LogP contribution in [0.2, 0.25) is 0 Å². The van der Waals surface area contributed by atoms with Gasteiger partial charge >= 0.3 is 5.97 Å². The SMILES string of the molecule is CC1(C)C(O)CCC2(C)C1CCC1(C)C2CCC2C3CCCC3(C(=O)OO)CC[C@]21C.CCC. The molecule has 5 aliphatic carbocycles. The van der Waals surface area contributed by atoms with E-state index in [1.54, 1.807) is 0 Å². The molecule has 5 aliphatic rings. The highest BCUT2D eigenvalue weighted by molar-refractivity contribution is 5.77. The van der Waals surface area contributed by atoms with E-state index in [-0.39, 0.29) is 33.7 Å². The molecular formula is C30H52O4. The summed E-state index contributed by atoms with van der Waals surface area (Å²) in [6.07, 6.45) is 13.1. The second kappa shape index (κ2) is 8.75. The zero-order valence-electron chi connectivity index (χ0n) is 23.1.